The van der Waals surface area contributed by atoms with Crippen molar-refractivity contribution in [3.8, 4) is 0 Å². The molecule has 0 unspecified atom stereocenters. The van der Waals surface area contributed by atoms with Crippen LogP contribution in [0.2, 0.25) is 0 Å². The first kappa shape index (κ1) is 17.1. The Morgan fingerprint density at radius 1 is 1.38 bits per heavy atom. The smallest absolute Gasteiger partial charge is 0.333 e. The summed E-state index contributed by atoms with van der Waals surface area (Å²) in [7, 11) is 0. The van der Waals surface area contributed by atoms with E-state index >= 15 is 0 Å². The maximum atomic E-state index is 12.8. The molecule has 2 aromatic rings. The van der Waals surface area contributed by atoms with E-state index in [0.717, 1.165) is 41.2 Å². The van der Waals surface area contributed by atoms with Crippen molar-refractivity contribution in [2.45, 2.75) is 38.2 Å². The summed E-state index contributed by atoms with van der Waals surface area (Å²) in [4.78, 5) is 26.4. The Kier molecular flexibility index (Phi) is 4.46. The molecule has 1 fully saturated rings. The Labute approximate surface area is 154 Å². The highest BCUT2D eigenvalue weighted by Gasteiger charge is 2.37. The van der Waals surface area contributed by atoms with E-state index in [-0.39, 0.29) is 24.0 Å². The molecule has 26 heavy (non-hydrogen) atoms. The topological polar surface area (TPSA) is 92.6 Å². The summed E-state index contributed by atoms with van der Waals surface area (Å²) in [5.41, 5.74) is 3.06. The van der Waals surface area contributed by atoms with Crippen molar-refractivity contribution < 1.29 is 19.4 Å². The number of rotatable bonds is 4. The molecule has 3 heterocycles. The first-order chi connectivity index (χ1) is 12.5. The quantitative estimate of drug-likeness (QED) is 0.885. The molecule has 2 aliphatic rings. The zero-order valence-electron chi connectivity index (χ0n) is 14.3. The molecule has 0 bridgehead atoms. The van der Waals surface area contributed by atoms with E-state index in [1.54, 1.807) is 11.8 Å². The van der Waals surface area contributed by atoms with E-state index in [0.29, 0.717) is 18.8 Å². The van der Waals surface area contributed by atoms with Crippen LogP contribution in [0.1, 0.15) is 37.7 Å². The van der Waals surface area contributed by atoms with Crippen LogP contribution in [-0.2, 0) is 14.3 Å². The molecule has 1 saturated heterocycles. The van der Waals surface area contributed by atoms with Crippen LogP contribution in [0.25, 0.3) is 11.0 Å². The van der Waals surface area contributed by atoms with Gasteiger partial charge in [0, 0.05) is 24.6 Å². The van der Waals surface area contributed by atoms with Gasteiger partial charge in [0.1, 0.15) is 11.0 Å². The van der Waals surface area contributed by atoms with Gasteiger partial charge < -0.3 is 14.7 Å². The molecular weight excluding hydrogens is 354 g/mol. The monoisotopic (exact) mass is 373 g/mol. The lowest BCUT2D eigenvalue weighted by Gasteiger charge is -2.35. The third-order valence-corrected chi connectivity index (χ3v) is 5.70. The van der Waals surface area contributed by atoms with E-state index in [1.807, 2.05) is 18.2 Å². The number of allylic oxidation sites excluding steroid dienone is 1. The Hall–Kier alpha value is -2.32. The van der Waals surface area contributed by atoms with Crippen LogP contribution >= 0.6 is 11.7 Å². The number of aliphatic carboxylic acids is 1. The van der Waals surface area contributed by atoms with Crippen molar-refractivity contribution in [3.63, 3.8) is 0 Å². The molecule has 2 atom stereocenters. The molecule has 0 radical (unpaired) electrons. The summed E-state index contributed by atoms with van der Waals surface area (Å²) < 4.78 is 14.0. The number of fused-ring (bicyclic) bond motifs is 1. The van der Waals surface area contributed by atoms with Crippen LogP contribution in [0.15, 0.2) is 29.5 Å². The first-order valence-electron chi connectivity index (χ1n) is 8.63. The maximum absolute atomic E-state index is 12.8. The standard InChI is InChI=1S/C18H19N3O4S/c1-10-17(18(23)24)13(11-4-5-14-15(7-11)20-26-19-14)8-16(22)21(10)9-12-3-2-6-25-12/h4-5,7,12-13H,2-3,6,8-9H2,1H3,(H,23,24)/t12-,13+/m1/s1. The first-order valence-corrected chi connectivity index (χ1v) is 9.36. The minimum atomic E-state index is -0.992. The molecule has 4 rings (SSSR count). The van der Waals surface area contributed by atoms with Gasteiger partial charge in [-0.2, -0.15) is 8.75 Å². The number of hydrogen-bond acceptors (Lipinski definition) is 6. The number of carboxylic acids is 1. The average Bonchev–Trinajstić information content (AvgIpc) is 3.28. The number of carboxylic acid groups (broad SMARTS) is 1. The van der Waals surface area contributed by atoms with Crippen LogP contribution in [0.4, 0.5) is 0 Å². The van der Waals surface area contributed by atoms with E-state index < -0.39 is 11.9 Å². The average molecular weight is 373 g/mol. The number of nitrogens with zero attached hydrogens (tertiary/aromatic N) is 3. The second kappa shape index (κ2) is 6.77. The zero-order chi connectivity index (χ0) is 18.3. The zero-order valence-corrected chi connectivity index (χ0v) is 15.2. The number of carbonyl (C=O) groups is 2. The van der Waals surface area contributed by atoms with Gasteiger partial charge in [-0.1, -0.05) is 6.07 Å². The number of hydrogen-bond donors (Lipinski definition) is 1. The lowest BCUT2D eigenvalue weighted by atomic mass is 9.83. The van der Waals surface area contributed by atoms with Crippen molar-refractivity contribution in [1.29, 1.82) is 0 Å². The molecular formula is C18H19N3O4S. The predicted molar refractivity (Wildman–Crippen MR) is 95.8 cm³/mol. The molecule has 0 spiro atoms. The van der Waals surface area contributed by atoms with E-state index in [9.17, 15) is 14.7 Å². The molecule has 8 heteroatoms. The normalized spacial score (nSPS) is 23.9. The second-order valence-corrected chi connectivity index (χ2v) is 7.24. The molecule has 0 aliphatic carbocycles. The Balaban J connectivity index is 1.71. The van der Waals surface area contributed by atoms with Crippen LogP contribution in [0.5, 0.6) is 0 Å². The highest BCUT2D eigenvalue weighted by molar-refractivity contribution is 7.00. The van der Waals surface area contributed by atoms with Crippen molar-refractivity contribution in [2.75, 3.05) is 13.2 Å². The summed E-state index contributed by atoms with van der Waals surface area (Å²) in [6.45, 7) is 2.83. The minimum Gasteiger partial charge on any atom is -0.478 e. The van der Waals surface area contributed by atoms with Crippen LogP contribution < -0.4 is 0 Å². The highest BCUT2D eigenvalue weighted by atomic mass is 32.1. The molecule has 1 aromatic heterocycles. The van der Waals surface area contributed by atoms with Crippen LogP contribution in [-0.4, -0.2) is 49.9 Å². The van der Waals surface area contributed by atoms with Gasteiger partial charge in [-0.05, 0) is 37.5 Å². The highest BCUT2D eigenvalue weighted by Crippen LogP contribution is 2.37. The Morgan fingerprint density at radius 2 is 2.19 bits per heavy atom. The fourth-order valence-electron chi connectivity index (χ4n) is 3.81. The van der Waals surface area contributed by atoms with Gasteiger partial charge in [-0.25, -0.2) is 4.79 Å². The minimum absolute atomic E-state index is 0.0158. The van der Waals surface area contributed by atoms with Gasteiger partial charge in [0.2, 0.25) is 5.91 Å². The molecule has 1 aromatic carbocycles. The van der Waals surface area contributed by atoms with Crippen LogP contribution in [0.3, 0.4) is 0 Å². The van der Waals surface area contributed by atoms with Crippen molar-refractivity contribution in [3.05, 3.63) is 35.0 Å². The van der Waals surface area contributed by atoms with Crippen LogP contribution in [0, 0.1) is 0 Å². The van der Waals surface area contributed by atoms with E-state index in [4.69, 9.17) is 4.74 Å². The van der Waals surface area contributed by atoms with E-state index in [1.165, 1.54) is 0 Å². The largest absolute Gasteiger partial charge is 0.478 e. The summed E-state index contributed by atoms with van der Waals surface area (Å²) in [6, 6.07) is 5.50. The second-order valence-electron chi connectivity index (χ2n) is 6.71. The van der Waals surface area contributed by atoms with Crippen molar-refractivity contribution in [2.24, 2.45) is 0 Å². The van der Waals surface area contributed by atoms with Gasteiger partial charge in [-0.3, -0.25) is 4.79 Å². The Bertz CT molecular complexity index is 901. The molecule has 1 amide bonds. The van der Waals surface area contributed by atoms with Gasteiger partial charge in [0.25, 0.3) is 0 Å². The van der Waals surface area contributed by atoms with Gasteiger partial charge in [0.05, 0.1) is 30.0 Å². The third-order valence-electron chi connectivity index (χ3n) is 5.14. The molecule has 0 saturated carbocycles. The van der Waals surface area contributed by atoms with Gasteiger partial charge in [-0.15, -0.1) is 0 Å². The summed E-state index contributed by atoms with van der Waals surface area (Å²) >= 11 is 1.12. The fourth-order valence-corrected chi connectivity index (χ4v) is 4.32. The molecule has 1 N–H and O–H groups in total. The SMILES string of the molecule is CC1=C(C(=O)O)[C@H](c2ccc3nsnc3c2)CC(=O)N1C[C@H]1CCCO1. The molecule has 7 nitrogen and oxygen atoms in total. The molecule has 136 valence electrons. The summed E-state index contributed by atoms with van der Waals surface area (Å²) in [5.74, 6) is -1.54. The van der Waals surface area contributed by atoms with Gasteiger partial charge in [0.15, 0.2) is 0 Å². The Morgan fingerprint density at radius 3 is 2.92 bits per heavy atom. The van der Waals surface area contributed by atoms with Crippen molar-refractivity contribution in [1.82, 2.24) is 13.6 Å². The number of aromatic nitrogens is 2. The van der Waals surface area contributed by atoms with Crippen molar-refractivity contribution >= 4 is 34.6 Å². The third kappa shape index (κ3) is 2.99. The number of ether oxygens (including phenoxy) is 1. The number of amides is 1. The summed E-state index contributed by atoms with van der Waals surface area (Å²) in [6.07, 6.45) is 1.99. The fraction of sp³-hybridized carbons (Fsp3) is 0.444. The lowest BCUT2D eigenvalue weighted by Crippen LogP contribution is -2.41. The summed E-state index contributed by atoms with van der Waals surface area (Å²) in [5, 5.41) is 9.83. The van der Waals surface area contributed by atoms with Gasteiger partial charge >= 0.3 is 5.97 Å². The predicted octanol–water partition coefficient (Wildman–Crippen LogP) is 2.54. The maximum Gasteiger partial charge on any atom is 0.333 e. The lowest BCUT2D eigenvalue weighted by molar-refractivity contribution is -0.135. The molecule has 2 aliphatic heterocycles. The van der Waals surface area contributed by atoms with E-state index in [2.05, 4.69) is 8.75 Å². The number of carbonyl (C=O) groups excluding carboxylic acids is 1. The number of benzene rings is 1.